The van der Waals surface area contributed by atoms with Crippen LogP contribution in [0.4, 0.5) is 0 Å². The maximum absolute atomic E-state index is 12.2. The minimum absolute atomic E-state index is 0.0317. The first-order valence-electron chi connectivity index (χ1n) is 8.87. The molecule has 6 heteroatoms. The molecule has 0 radical (unpaired) electrons. The van der Waals surface area contributed by atoms with Crippen molar-refractivity contribution in [2.75, 3.05) is 52.5 Å². The van der Waals surface area contributed by atoms with Gasteiger partial charge in [-0.3, -0.25) is 9.69 Å². The minimum Gasteiger partial charge on any atom is -0.491 e. The zero-order valence-corrected chi connectivity index (χ0v) is 14.1. The molecule has 132 valence electrons. The highest BCUT2D eigenvalue weighted by atomic mass is 16.5. The van der Waals surface area contributed by atoms with Gasteiger partial charge < -0.3 is 20.1 Å². The van der Waals surface area contributed by atoms with Crippen LogP contribution in [-0.4, -0.2) is 69.4 Å². The first-order valence-corrected chi connectivity index (χ1v) is 8.87. The lowest BCUT2D eigenvalue weighted by Crippen LogP contribution is -2.46. The van der Waals surface area contributed by atoms with Crippen LogP contribution in [0.25, 0.3) is 0 Å². The van der Waals surface area contributed by atoms with Crippen molar-refractivity contribution in [1.29, 1.82) is 0 Å². The molecule has 1 unspecified atom stereocenters. The molecule has 2 heterocycles. The van der Waals surface area contributed by atoms with Crippen molar-refractivity contribution in [3.63, 3.8) is 0 Å². The number of benzene rings is 1. The molecule has 1 aromatic carbocycles. The predicted octanol–water partition coefficient (Wildman–Crippen LogP) is 0.879. The van der Waals surface area contributed by atoms with E-state index >= 15 is 0 Å². The van der Waals surface area contributed by atoms with E-state index in [4.69, 9.17) is 9.47 Å². The van der Waals surface area contributed by atoms with Crippen molar-refractivity contribution < 1.29 is 14.3 Å². The number of amides is 1. The van der Waals surface area contributed by atoms with Crippen molar-refractivity contribution in [2.45, 2.75) is 18.9 Å². The number of carbonyl (C=O) groups is 1. The van der Waals surface area contributed by atoms with E-state index in [1.54, 1.807) is 0 Å². The van der Waals surface area contributed by atoms with Crippen LogP contribution in [0, 0.1) is 0 Å². The third-order valence-corrected chi connectivity index (χ3v) is 4.50. The Balaban J connectivity index is 1.38. The average molecular weight is 333 g/mol. The third-order valence-electron chi connectivity index (χ3n) is 4.50. The summed E-state index contributed by atoms with van der Waals surface area (Å²) in [5.74, 6) is 0.749. The second-order valence-corrected chi connectivity index (χ2v) is 6.32. The maximum atomic E-state index is 12.2. The van der Waals surface area contributed by atoms with E-state index in [2.05, 4.69) is 15.5 Å². The van der Waals surface area contributed by atoms with E-state index in [1.807, 2.05) is 24.3 Å². The topological polar surface area (TPSA) is 62.8 Å². The van der Waals surface area contributed by atoms with Gasteiger partial charge >= 0.3 is 0 Å². The second-order valence-electron chi connectivity index (χ2n) is 6.32. The Hall–Kier alpha value is -1.63. The fourth-order valence-corrected chi connectivity index (χ4v) is 3.03. The van der Waals surface area contributed by atoms with Gasteiger partial charge in [0.15, 0.2) is 0 Å². The number of ether oxygens (including phenoxy) is 2. The Bertz CT molecular complexity index is 509. The molecule has 0 saturated carbocycles. The summed E-state index contributed by atoms with van der Waals surface area (Å²) in [6.45, 7) is 7.14. The molecule has 0 aliphatic carbocycles. The zero-order chi connectivity index (χ0) is 16.6. The molecule has 2 aliphatic heterocycles. The molecule has 2 fully saturated rings. The minimum atomic E-state index is -0.0317. The van der Waals surface area contributed by atoms with Crippen molar-refractivity contribution in [3.8, 4) is 5.75 Å². The molecule has 24 heavy (non-hydrogen) atoms. The third kappa shape index (κ3) is 5.19. The van der Waals surface area contributed by atoms with Crippen LogP contribution < -0.4 is 15.4 Å². The summed E-state index contributed by atoms with van der Waals surface area (Å²) in [5, 5.41) is 6.30. The largest absolute Gasteiger partial charge is 0.491 e. The summed E-state index contributed by atoms with van der Waals surface area (Å²) in [6, 6.07) is 7.32. The summed E-state index contributed by atoms with van der Waals surface area (Å²) in [4.78, 5) is 14.5. The van der Waals surface area contributed by atoms with Gasteiger partial charge in [-0.2, -0.15) is 0 Å². The number of nitrogens with one attached hydrogen (secondary N) is 2. The van der Waals surface area contributed by atoms with E-state index < -0.39 is 0 Å². The van der Waals surface area contributed by atoms with Gasteiger partial charge in [-0.1, -0.05) is 0 Å². The second kappa shape index (κ2) is 9.01. The number of hydrogen-bond acceptors (Lipinski definition) is 5. The van der Waals surface area contributed by atoms with Crippen LogP contribution in [0.2, 0.25) is 0 Å². The lowest BCUT2D eigenvalue weighted by Gasteiger charge is -2.27. The van der Waals surface area contributed by atoms with Gasteiger partial charge in [-0.25, -0.2) is 0 Å². The van der Waals surface area contributed by atoms with Gasteiger partial charge in [0, 0.05) is 51.4 Å². The van der Waals surface area contributed by atoms with Crippen LogP contribution in [-0.2, 0) is 4.74 Å². The van der Waals surface area contributed by atoms with Gasteiger partial charge in [0.1, 0.15) is 12.4 Å². The highest BCUT2D eigenvalue weighted by Crippen LogP contribution is 2.16. The molecule has 2 aliphatic rings. The average Bonchev–Trinajstić information content (AvgIpc) is 3.15. The summed E-state index contributed by atoms with van der Waals surface area (Å²) in [5.41, 5.74) is 0.666. The van der Waals surface area contributed by atoms with Crippen LogP contribution in [0.3, 0.4) is 0 Å². The van der Waals surface area contributed by atoms with Crippen LogP contribution >= 0.6 is 0 Å². The van der Waals surface area contributed by atoms with Gasteiger partial charge in [-0.05, 0) is 37.1 Å². The first-order chi connectivity index (χ1) is 11.8. The number of rotatable bonds is 7. The van der Waals surface area contributed by atoms with Crippen LogP contribution in [0.1, 0.15) is 23.2 Å². The Morgan fingerprint density at radius 1 is 1.29 bits per heavy atom. The summed E-state index contributed by atoms with van der Waals surface area (Å²) < 4.78 is 11.2. The molecular weight excluding hydrogens is 306 g/mol. The number of nitrogens with zero attached hydrogens (tertiary/aromatic N) is 1. The van der Waals surface area contributed by atoms with Crippen molar-refractivity contribution in [2.24, 2.45) is 0 Å². The van der Waals surface area contributed by atoms with Crippen molar-refractivity contribution >= 4 is 5.91 Å². The Morgan fingerprint density at radius 3 is 2.79 bits per heavy atom. The molecule has 1 amide bonds. The molecule has 3 rings (SSSR count). The van der Waals surface area contributed by atoms with E-state index in [0.29, 0.717) is 18.7 Å². The Kier molecular flexibility index (Phi) is 6.46. The zero-order valence-electron chi connectivity index (χ0n) is 14.1. The van der Waals surface area contributed by atoms with Crippen LogP contribution in [0.15, 0.2) is 24.3 Å². The molecule has 0 bridgehead atoms. The van der Waals surface area contributed by atoms with E-state index in [1.165, 1.54) is 0 Å². The monoisotopic (exact) mass is 333 g/mol. The van der Waals surface area contributed by atoms with Gasteiger partial charge in [-0.15, -0.1) is 0 Å². The molecule has 1 atom stereocenters. The van der Waals surface area contributed by atoms with E-state index in [0.717, 1.165) is 57.9 Å². The fraction of sp³-hybridized carbons (Fsp3) is 0.611. The highest BCUT2D eigenvalue weighted by molar-refractivity contribution is 5.94. The lowest BCUT2D eigenvalue weighted by molar-refractivity contribution is 0.0679. The SMILES string of the molecule is O=C(NCCN1CCNCC1)c1ccc(OCC2CCCO2)cc1. The summed E-state index contributed by atoms with van der Waals surface area (Å²) >= 11 is 0. The smallest absolute Gasteiger partial charge is 0.251 e. The molecule has 6 nitrogen and oxygen atoms in total. The lowest BCUT2D eigenvalue weighted by atomic mass is 10.2. The normalized spacial score (nSPS) is 21.6. The fourth-order valence-electron chi connectivity index (χ4n) is 3.03. The molecule has 0 aromatic heterocycles. The quantitative estimate of drug-likeness (QED) is 0.776. The summed E-state index contributed by atoms with van der Waals surface area (Å²) in [7, 11) is 0. The molecule has 2 N–H and O–H groups in total. The molecule has 0 spiro atoms. The number of hydrogen-bond donors (Lipinski definition) is 2. The molecule has 1 aromatic rings. The Morgan fingerprint density at radius 2 is 2.08 bits per heavy atom. The van der Waals surface area contributed by atoms with E-state index in [-0.39, 0.29) is 12.0 Å². The maximum Gasteiger partial charge on any atom is 0.251 e. The van der Waals surface area contributed by atoms with E-state index in [9.17, 15) is 4.79 Å². The number of carbonyl (C=O) groups excluding carboxylic acids is 1. The summed E-state index contributed by atoms with van der Waals surface area (Å²) in [6.07, 6.45) is 2.38. The number of piperazine rings is 1. The molecular formula is C18H27N3O3. The highest BCUT2D eigenvalue weighted by Gasteiger charge is 2.16. The standard InChI is InChI=1S/C18H27N3O3/c22-18(20-9-12-21-10-7-19-8-11-21)15-3-5-16(6-4-15)24-14-17-2-1-13-23-17/h3-6,17,19H,1-2,7-14H2,(H,20,22). The van der Waals surface area contributed by atoms with Gasteiger partial charge in [0.05, 0.1) is 6.10 Å². The molecule has 2 saturated heterocycles. The predicted molar refractivity (Wildman–Crippen MR) is 92.6 cm³/mol. The van der Waals surface area contributed by atoms with Crippen molar-refractivity contribution in [3.05, 3.63) is 29.8 Å². The van der Waals surface area contributed by atoms with Gasteiger partial charge in [0.25, 0.3) is 5.91 Å². The van der Waals surface area contributed by atoms with Crippen molar-refractivity contribution in [1.82, 2.24) is 15.5 Å². The van der Waals surface area contributed by atoms with Gasteiger partial charge in [0.2, 0.25) is 0 Å². The Labute approximate surface area is 143 Å². The first kappa shape index (κ1) is 17.2. The van der Waals surface area contributed by atoms with Crippen LogP contribution in [0.5, 0.6) is 5.75 Å².